The average Bonchev–Trinajstić information content (AvgIpc) is 3.21. The smallest absolute Gasteiger partial charge is 0.154 e. The first-order valence-electron chi connectivity index (χ1n) is 7.03. The summed E-state index contributed by atoms with van der Waals surface area (Å²) < 4.78 is 1.82. The van der Waals surface area contributed by atoms with Crippen molar-refractivity contribution in [2.75, 3.05) is 0 Å². The third kappa shape index (κ3) is 2.37. The van der Waals surface area contributed by atoms with E-state index >= 15 is 0 Å². The summed E-state index contributed by atoms with van der Waals surface area (Å²) in [6, 6.07) is 14.0. The summed E-state index contributed by atoms with van der Waals surface area (Å²) in [5.74, 6) is 0.786. The number of nitriles is 1. The maximum Gasteiger partial charge on any atom is 0.154 e. The van der Waals surface area contributed by atoms with Crippen LogP contribution in [0.5, 0.6) is 0 Å². The van der Waals surface area contributed by atoms with Crippen LogP contribution in [0.3, 0.4) is 0 Å². The Morgan fingerprint density at radius 3 is 2.87 bits per heavy atom. The highest BCUT2D eigenvalue weighted by Gasteiger charge is 2.10. The number of nitrogens with zero attached hydrogens (tertiary/aromatic N) is 5. The normalized spacial score (nSPS) is 10.8. The Balaban J connectivity index is 1.88. The minimum Gasteiger partial charge on any atom is -0.243 e. The number of benzene rings is 1. The fraction of sp³-hybridized carbons (Fsp3) is 0.0588. The van der Waals surface area contributed by atoms with E-state index in [1.54, 1.807) is 6.20 Å². The standard InChI is InChI=1S/C17H11N5S/c1-11-3-2-4-16(21-11)22-15-7-12(5-6-13(15)9-20-22)17-19-10-14(8-18)23-17/h2-7,9-10H,1H3. The van der Waals surface area contributed by atoms with Crippen molar-refractivity contribution in [3.8, 4) is 22.5 Å². The van der Waals surface area contributed by atoms with Gasteiger partial charge in [-0.15, -0.1) is 11.3 Å². The topological polar surface area (TPSA) is 67.4 Å². The largest absolute Gasteiger partial charge is 0.243 e. The van der Waals surface area contributed by atoms with E-state index in [9.17, 15) is 0 Å². The lowest BCUT2D eigenvalue weighted by atomic mass is 10.2. The predicted molar refractivity (Wildman–Crippen MR) is 89.4 cm³/mol. The van der Waals surface area contributed by atoms with Crippen molar-refractivity contribution in [1.29, 1.82) is 5.26 Å². The SMILES string of the molecule is Cc1cccc(-n2ncc3ccc(-c4ncc(C#N)s4)cc32)n1. The summed E-state index contributed by atoms with van der Waals surface area (Å²) >= 11 is 1.38. The Labute approximate surface area is 136 Å². The van der Waals surface area contributed by atoms with Gasteiger partial charge >= 0.3 is 0 Å². The zero-order valence-corrected chi connectivity index (χ0v) is 13.1. The van der Waals surface area contributed by atoms with Crippen LogP contribution in [0.25, 0.3) is 27.3 Å². The fourth-order valence-electron chi connectivity index (χ4n) is 2.44. The number of aromatic nitrogens is 4. The molecule has 0 unspecified atom stereocenters. The number of aryl methyl sites for hydroxylation is 1. The minimum absolute atomic E-state index is 0.606. The lowest BCUT2D eigenvalue weighted by molar-refractivity contribution is 0.867. The third-order valence-corrected chi connectivity index (χ3v) is 4.48. The van der Waals surface area contributed by atoms with Gasteiger partial charge in [0.15, 0.2) is 5.82 Å². The van der Waals surface area contributed by atoms with Crippen LogP contribution in [0.2, 0.25) is 0 Å². The Morgan fingerprint density at radius 2 is 2.09 bits per heavy atom. The van der Waals surface area contributed by atoms with Gasteiger partial charge in [0.05, 0.1) is 17.9 Å². The van der Waals surface area contributed by atoms with E-state index in [-0.39, 0.29) is 0 Å². The van der Waals surface area contributed by atoms with Crippen molar-refractivity contribution in [2.24, 2.45) is 0 Å². The molecule has 0 aliphatic rings. The molecule has 1 aromatic carbocycles. The molecule has 0 saturated carbocycles. The lowest BCUT2D eigenvalue weighted by Crippen LogP contribution is -1.99. The van der Waals surface area contributed by atoms with Crippen molar-refractivity contribution >= 4 is 22.2 Å². The number of pyridine rings is 1. The molecule has 0 radical (unpaired) electrons. The van der Waals surface area contributed by atoms with Gasteiger partial charge in [-0.25, -0.2) is 14.6 Å². The van der Waals surface area contributed by atoms with Crippen LogP contribution in [0.4, 0.5) is 0 Å². The number of fused-ring (bicyclic) bond motifs is 1. The third-order valence-electron chi connectivity index (χ3n) is 3.52. The highest BCUT2D eigenvalue weighted by Crippen LogP contribution is 2.28. The van der Waals surface area contributed by atoms with Gasteiger partial charge in [-0.2, -0.15) is 10.4 Å². The number of hydrogen-bond acceptors (Lipinski definition) is 5. The Kier molecular flexibility index (Phi) is 3.14. The number of rotatable bonds is 2. The van der Waals surface area contributed by atoms with Gasteiger partial charge in [0.25, 0.3) is 0 Å². The molecule has 0 spiro atoms. The van der Waals surface area contributed by atoms with Crippen molar-refractivity contribution in [1.82, 2.24) is 19.7 Å². The number of hydrogen-bond donors (Lipinski definition) is 0. The van der Waals surface area contributed by atoms with E-state index in [1.165, 1.54) is 11.3 Å². The monoisotopic (exact) mass is 317 g/mol. The molecule has 0 N–H and O–H groups in total. The maximum atomic E-state index is 8.95. The van der Waals surface area contributed by atoms with Crippen LogP contribution in [0.15, 0.2) is 48.8 Å². The van der Waals surface area contributed by atoms with Gasteiger partial charge in [-0.3, -0.25) is 0 Å². The fourth-order valence-corrected chi connectivity index (χ4v) is 3.15. The van der Waals surface area contributed by atoms with Gasteiger partial charge in [0.1, 0.15) is 16.0 Å². The van der Waals surface area contributed by atoms with Crippen LogP contribution in [0, 0.1) is 18.3 Å². The summed E-state index contributed by atoms with van der Waals surface area (Å²) in [7, 11) is 0. The molecule has 0 amide bonds. The zero-order valence-electron chi connectivity index (χ0n) is 12.3. The Bertz CT molecular complexity index is 1050. The molecular formula is C17H11N5S. The lowest BCUT2D eigenvalue weighted by Gasteiger charge is -2.04. The molecular weight excluding hydrogens is 306 g/mol. The van der Waals surface area contributed by atoms with E-state index in [1.807, 2.05) is 54.2 Å². The van der Waals surface area contributed by atoms with Gasteiger partial charge in [-0.1, -0.05) is 18.2 Å². The molecule has 5 nitrogen and oxygen atoms in total. The van der Waals surface area contributed by atoms with Crippen molar-refractivity contribution in [3.05, 3.63) is 59.4 Å². The molecule has 0 atom stereocenters. The molecule has 4 rings (SSSR count). The maximum absolute atomic E-state index is 8.95. The van der Waals surface area contributed by atoms with E-state index < -0.39 is 0 Å². The summed E-state index contributed by atoms with van der Waals surface area (Å²) in [5, 5.41) is 15.3. The molecule has 0 fully saturated rings. The summed E-state index contributed by atoms with van der Waals surface area (Å²) in [6.45, 7) is 1.96. The quantitative estimate of drug-likeness (QED) is 0.565. The van der Waals surface area contributed by atoms with Crippen LogP contribution < -0.4 is 0 Å². The first-order chi connectivity index (χ1) is 11.2. The van der Waals surface area contributed by atoms with Gasteiger partial charge in [0.2, 0.25) is 0 Å². The molecule has 6 heteroatoms. The minimum atomic E-state index is 0.606. The molecule has 4 aromatic rings. The van der Waals surface area contributed by atoms with Crippen molar-refractivity contribution < 1.29 is 0 Å². The van der Waals surface area contributed by atoms with Crippen molar-refractivity contribution in [2.45, 2.75) is 6.92 Å². The second kappa shape index (κ2) is 5.30. The Hall–Kier alpha value is -3.04. The van der Waals surface area contributed by atoms with Crippen LogP contribution >= 0.6 is 11.3 Å². The second-order valence-corrected chi connectivity index (χ2v) is 6.14. The van der Waals surface area contributed by atoms with Gasteiger partial charge < -0.3 is 0 Å². The van der Waals surface area contributed by atoms with E-state index in [2.05, 4.69) is 21.1 Å². The van der Waals surface area contributed by atoms with E-state index in [0.29, 0.717) is 4.88 Å². The van der Waals surface area contributed by atoms with Crippen LogP contribution in [-0.4, -0.2) is 19.7 Å². The molecule has 0 aliphatic heterocycles. The predicted octanol–water partition coefficient (Wildman–Crippen LogP) is 3.72. The second-order valence-electron chi connectivity index (χ2n) is 5.11. The molecule has 3 heterocycles. The molecule has 0 aliphatic carbocycles. The van der Waals surface area contributed by atoms with Crippen molar-refractivity contribution in [3.63, 3.8) is 0 Å². The zero-order chi connectivity index (χ0) is 15.8. The average molecular weight is 317 g/mol. The molecule has 110 valence electrons. The summed E-state index contributed by atoms with van der Waals surface area (Å²) in [6.07, 6.45) is 3.43. The highest BCUT2D eigenvalue weighted by molar-refractivity contribution is 7.15. The number of thiazole rings is 1. The molecule has 0 bridgehead atoms. The van der Waals surface area contributed by atoms with Gasteiger partial charge in [0, 0.05) is 16.6 Å². The molecule has 23 heavy (non-hydrogen) atoms. The van der Waals surface area contributed by atoms with Crippen LogP contribution in [-0.2, 0) is 0 Å². The van der Waals surface area contributed by atoms with E-state index in [0.717, 1.165) is 33.0 Å². The van der Waals surface area contributed by atoms with E-state index in [4.69, 9.17) is 5.26 Å². The van der Waals surface area contributed by atoms with Gasteiger partial charge in [-0.05, 0) is 25.1 Å². The van der Waals surface area contributed by atoms with Crippen LogP contribution in [0.1, 0.15) is 10.6 Å². The first-order valence-corrected chi connectivity index (χ1v) is 7.84. The summed E-state index contributed by atoms with van der Waals surface area (Å²) in [5.41, 5.74) is 2.88. The highest BCUT2D eigenvalue weighted by atomic mass is 32.1. The molecule has 3 aromatic heterocycles. The first kappa shape index (κ1) is 13.6. The molecule has 0 saturated heterocycles. The summed E-state index contributed by atoms with van der Waals surface area (Å²) in [4.78, 5) is 9.45. The Morgan fingerprint density at radius 1 is 1.17 bits per heavy atom.